The second-order valence-electron chi connectivity index (χ2n) is 4.54. The Hall–Kier alpha value is -1.81. The van der Waals surface area contributed by atoms with Crippen LogP contribution in [-0.2, 0) is 0 Å². The van der Waals surface area contributed by atoms with Crippen molar-refractivity contribution in [3.05, 3.63) is 36.1 Å². The van der Waals surface area contributed by atoms with Gasteiger partial charge in [0.15, 0.2) is 5.76 Å². The molecule has 1 aromatic carbocycles. The molecule has 18 heavy (non-hydrogen) atoms. The largest absolute Gasteiger partial charge is 0.451 e. The summed E-state index contributed by atoms with van der Waals surface area (Å²) in [7, 11) is 0. The lowest BCUT2D eigenvalue weighted by Crippen LogP contribution is -2.33. The average molecular weight is 244 g/mol. The highest BCUT2D eigenvalue weighted by atomic mass is 16.3. The highest BCUT2D eigenvalue weighted by molar-refractivity contribution is 5.96. The molecule has 0 saturated carbocycles. The van der Waals surface area contributed by atoms with Crippen molar-refractivity contribution >= 4 is 16.9 Å². The van der Waals surface area contributed by atoms with Gasteiger partial charge in [-0.25, -0.2) is 0 Å². The maximum absolute atomic E-state index is 12.3. The Balaban J connectivity index is 1.86. The Kier molecular flexibility index (Phi) is 3.02. The second-order valence-corrected chi connectivity index (χ2v) is 4.54. The van der Waals surface area contributed by atoms with E-state index >= 15 is 0 Å². The lowest BCUT2D eigenvalue weighted by atomic mass is 10.2. The van der Waals surface area contributed by atoms with Crippen LogP contribution in [0.5, 0.6) is 0 Å². The Morgan fingerprint density at radius 3 is 3.00 bits per heavy atom. The Morgan fingerprint density at radius 2 is 2.11 bits per heavy atom. The van der Waals surface area contributed by atoms with Gasteiger partial charge in [0.05, 0.1) is 0 Å². The van der Waals surface area contributed by atoms with E-state index in [9.17, 15) is 4.79 Å². The molecule has 3 rings (SSSR count). The molecule has 0 unspecified atom stereocenters. The summed E-state index contributed by atoms with van der Waals surface area (Å²) in [6.45, 7) is 3.37. The van der Waals surface area contributed by atoms with Crippen molar-refractivity contribution in [3.8, 4) is 0 Å². The van der Waals surface area contributed by atoms with Gasteiger partial charge in [-0.05, 0) is 25.1 Å². The van der Waals surface area contributed by atoms with Crippen LogP contribution in [0, 0.1) is 0 Å². The minimum absolute atomic E-state index is 0.00472. The predicted octanol–water partition coefficient (Wildman–Crippen LogP) is 1.87. The average Bonchev–Trinajstić information content (AvgIpc) is 2.64. The summed E-state index contributed by atoms with van der Waals surface area (Å²) in [5, 5.41) is 4.27. The molecule has 1 saturated heterocycles. The number of fused-ring (bicyclic) bond motifs is 1. The monoisotopic (exact) mass is 244 g/mol. The zero-order chi connectivity index (χ0) is 12.4. The highest BCUT2D eigenvalue weighted by Gasteiger charge is 2.20. The number of benzene rings is 1. The van der Waals surface area contributed by atoms with Gasteiger partial charge >= 0.3 is 0 Å². The molecule has 0 spiro atoms. The molecule has 1 N–H and O–H groups in total. The summed E-state index contributed by atoms with van der Waals surface area (Å²) in [6.07, 6.45) is 0.992. The second kappa shape index (κ2) is 4.82. The first-order valence-electron chi connectivity index (χ1n) is 6.33. The minimum Gasteiger partial charge on any atom is -0.451 e. The molecule has 4 heteroatoms. The van der Waals surface area contributed by atoms with Gasteiger partial charge in [-0.15, -0.1) is 0 Å². The number of furan rings is 1. The summed E-state index contributed by atoms with van der Waals surface area (Å²) < 4.78 is 5.61. The summed E-state index contributed by atoms with van der Waals surface area (Å²) in [5.41, 5.74) is 0.772. The van der Waals surface area contributed by atoms with Crippen molar-refractivity contribution in [1.29, 1.82) is 0 Å². The molecule has 1 fully saturated rings. The molecule has 1 aliphatic heterocycles. The van der Waals surface area contributed by atoms with Crippen LogP contribution in [0.3, 0.4) is 0 Å². The Morgan fingerprint density at radius 1 is 1.22 bits per heavy atom. The minimum atomic E-state index is -0.00472. The first-order valence-corrected chi connectivity index (χ1v) is 6.33. The Bertz CT molecular complexity index is 521. The van der Waals surface area contributed by atoms with Gasteiger partial charge < -0.3 is 14.6 Å². The van der Waals surface area contributed by atoms with Crippen molar-refractivity contribution in [2.75, 3.05) is 26.2 Å². The third-order valence-electron chi connectivity index (χ3n) is 3.26. The van der Waals surface area contributed by atoms with Crippen molar-refractivity contribution in [1.82, 2.24) is 10.2 Å². The molecule has 0 bridgehead atoms. The van der Waals surface area contributed by atoms with Crippen LogP contribution < -0.4 is 5.32 Å². The highest BCUT2D eigenvalue weighted by Crippen LogP contribution is 2.20. The van der Waals surface area contributed by atoms with Crippen LogP contribution in [-0.4, -0.2) is 37.0 Å². The smallest absolute Gasteiger partial charge is 0.289 e. The van der Waals surface area contributed by atoms with E-state index in [0.717, 1.165) is 43.6 Å². The van der Waals surface area contributed by atoms with Crippen LogP contribution >= 0.6 is 0 Å². The van der Waals surface area contributed by atoms with Gasteiger partial charge in [0.25, 0.3) is 5.91 Å². The standard InChI is InChI=1S/C14H16N2O2/c17-14(16-8-3-6-15-7-9-16)13-10-11-4-1-2-5-12(11)18-13/h1-2,4-5,10,15H,3,6-9H2. The summed E-state index contributed by atoms with van der Waals surface area (Å²) in [5.74, 6) is 0.438. The zero-order valence-electron chi connectivity index (χ0n) is 10.2. The molecular formula is C14H16N2O2. The van der Waals surface area contributed by atoms with Crippen LogP contribution in [0.4, 0.5) is 0 Å². The van der Waals surface area contributed by atoms with E-state index in [-0.39, 0.29) is 5.91 Å². The summed E-state index contributed by atoms with van der Waals surface area (Å²) in [4.78, 5) is 14.2. The lowest BCUT2D eigenvalue weighted by Gasteiger charge is -2.18. The molecule has 2 heterocycles. The SMILES string of the molecule is O=C(c1cc2ccccc2o1)N1CCCNCC1. The number of carbonyl (C=O) groups excluding carboxylic acids is 1. The summed E-state index contributed by atoms with van der Waals surface area (Å²) in [6, 6.07) is 9.53. The quantitative estimate of drug-likeness (QED) is 0.833. The lowest BCUT2D eigenvalue weighted by molar-refractivity contribution is 0.0737. The molecule has 0 aliphatic carbocycles. The molecule has 0 atom stereocenters. The van der Waals surface area contributed by atoms with Gasteiger partial charge in [-0.2, -0.15) is 0 Å². The number of carbonyl (C=O) groups is 1. The fourth-order valence-corrected chi connectivity index (χ4v) is 2.29. The molecular weight excluding hydrogens is 228 g/mol. The predicted molar refractivity (Wildman–Crippen MR) is 69.6 cm³/mol. The van der Waals surface area contributed by atoms with E-state index in [1.54, 1.807) is 0 Å². The van der Waals surface area contributed by atoms with Crippen molar-refractivity contribution in [2.24, 2.45) is 0 Å². The van der Waals surface area contributed by atoms with Crippen molar-refractivity contribution < 1.29 is 9.21 Å². The molecule has 4 nitrogen and oxygen atoms in total. The van der Waals surface area contributed by atoms with E-state index in [4.69, 9.17) is 4.42 Å². The number of hydrogen-bond acceptors (Lipinski definition) is 3. The third-order valence-corrected chi connectivity index (χ3v) is 3.26. The van der Waals surface area contributed by atoms with Gasteiger partial charge in [0.1, 0.15) is 5.58 Å². The third kappa shape index (κ3) is 2.11. The molecule has 1 aromatic heterocycles. The fourth-order valence-electron chi connectivity index (χ4n) is 2.29. The van der Waals surface area contributed by atoms with E-state index in [2.05, 4.69) is 5.32 Å². The molecule has 94 valence electrons. The van der Waals surface area contributed by atoms with Crippen LogP contribution in [0.25, 0.3) is 11.0 Å². The Labute approximate surface area is 106 Å². The number of amides is 1. The first kappa shape index (κ1) is 11.3. The van der Waals surface area contributed by atoms with Crippen LogP contribution in [0.2, 0.25) is 0 Å². The number of para-hydroxylation sites is 1. The zero-order valence-corrected chi connectivity index (χ0v) is 10.2. The molecule has 0 radical (unpaired) electrons. The van der Waals surface area contributed by atoms with E-state index in [1.165, 1.54) is 0 Å². The van der Waals surface area contributed by atoms with E-state index in [1.807, 2.05) is 35.2 Å². The first-order chi connectivity index (χ1) is 8.84. The van der Waals surface area contributed by atoms with Gasteiger partial charge in [0, 0.05) is 25.0 Å². The maximum Gasteiger partial charge on any atom is 0.289 e. The number of nitrogens with one attached hydrogen (secondary N) is 1. The molecule has 2 aromatic rings. The number of hydrogen-bond donors (Lipinski definition) is 1. The van der Waals surface area contributed by atoms with Gasteiger partial charge in [0.2, 0.25) is 0 Å². The summed E-state index contributed by atoms with van der Waals surface area (Å²) >= 11 is 0. The maximum atomic E-state index is 12.3. The fraction of sp³-hybridized carbons (Fsp3) is 0.357. The van der Waals surface area contributed by atoms with E-state index in [0.29, 0.717) is 5.76 Å². The van der Waals surface area contributed by atoms with Gasteiger partial charge in [-0.1, -0.05) is 18.2 Å². The topological polar surface area (TPSA) is 45.5 Å². The van der Waals surface area contributed by atoms with Crippen molar-refractivity contribution in [2.45, 2.75) is 6.42 Å². The van der Waals surface area contributed by atoms with Crippen LogP contribution in [0.15, 0.2) is 34.7 Å². The normalized spacial score (nSPS) is 16.8. The number of rotatable bonds is 1. The van der Waals surface area contributed by atoms with Crippen LogP contribution in [0.1, 0.15) is 17.0 Å². The number of nitrogens with zero attached hydrogens (tertiary/aromatic N) is 1. The molecule has 1 amide bonds. The van der Waals surface area contributed by atoms with Gasteiger partial charge in [-0.3, -0.25) is 4.79 Å². The molecule has 1 aliphatic rings. The van der Waals surface area contributed by atoms with E-state index < -0.39 is 0 Å². The van der Waals surface area contributed by atoms with Crippen molar-refractivity contribution in [3.63, 3.8) is 0 Å².